The van der Waals surface area contributed by atoms with Gasteiger partial charge in [0, 0.05) is 10.6 Å². The Morgan fingerprint density at radius 2 is 1.39 bits per heavy atom. The van der Waals surface area contributed by atoms with Gasteiger partial charge in [0.2, 0.25) is 0 Å². The van der Waals surface area contributed by atoms with Gasteiger partial charge in [-0.2, -0.15) is 5.10 Å². The summed E-state index contributed by atoms with van der Waals surface area (Å²) in [5.41, 5.74) is 6.94. The molecular formula is C29H20ClN3. The Bertz CT molecular complexity index is 1620. The van der Waals surface area contributed by atoms with Crippen LogP contribution in [0.3, 0.4) is 0 Å². The lowest BCUT2D eigenvalue weighted by atomic mass is 9.98. The Kier molecular flexibility index (Phi) is 4.70. The molecule has 0 bridgehead atoms. The van der Waals surface area contributed by atoms with E-state index in [1.807, 2.05) is 41.9 Å². The fourth-order valence-corrected chi connectivity index (χ4v) is 4.52. The predicted octanol–water partition coefficient (Wildman–Crippen LogP) is 7.87. The van der Waals surface area contributed by atoms with Crippen LogP contribution in [0.5, 0.6) is 0 Å². The fraction of sp³-hybridized carbons (Fsp3) is 0.0345. The Balaban J connectivity index is 1.66. The maximum Gasteiger partial charge on any atom is 0.164 e. The number of nitrogens with zero attached hydrogens (tertiary/aromatic N) is 3. The topological polar surface area (TPSA) is 30.7 Å². The van der Waals surface area contributed by atoms with Gasteiger partial charge in [-0.05, 0) is 65.2 Å². The summed E-state index contributed by atoms with van der Waals surface area (Å²) in [6.45, 7) is 2.04. The fourth-order valence-electron chi connectivity index (χ4n) is 4.39. The van der Waals surface area contributed by atoms with E-state index in [4.69, 9.17) is 21.7 Å². The summed E-state index contributed by atoms with van der Waals surface area (Å²) in [6, 6.07) is 35.2. The van der Waals surface area contributed by atoms with Gasteiger partial charge in [-0.3, -0.25) is 0 Å². The molecule has 2 aromatic heterocycles. The summed E-state index contributed by atoms with van der Waals surface area (Å²) >= 11 is 6.19. The Morgan fingerprint density at radius 3 is 2.18 bits per heavy atom. The summed E-state index contributed by atoms with van der Waals surface area (Å²) in [5.74, 6) is 0. The highest BCUT2D eigenvalue weighted by molar-refractivity contribution is 6.30. The number of hydrogen-bond acceptors (Lipinski definition) is 2. The van der Waals surface area contributed by atoms with E-state index in [1.54, 1.807) is 0 Å². The summed E-state index contributed by atoms with van der Waals surface area (Å²) in [4.78, 5) is 5.13. The highest BCUT2D eigenvalue weighted by atomic mass is 35.5. The molecule has 3 nitrogen and oxygen atoms in total. The van der Waals surface area contributed by atoms with E-state index in [-0.39, 0.29) is 0 Å². The second-order valence-corrected chi connectivity index (χ2v) is 8.59. The molecule has 0 fully saturated rings. The molecule has 0 aliphatic heterocycles. The molecule has 6 aromatic rings. The number of aryl methyl sites for hydroxylation is 1. The zero-order valence-electron chi connectivity index (χ0n) is 18.0. The molecule has 0 atom stereocenters. The van der Waals surface area contributed by atoms with Crippen LogP contribution in [0.4, 0.5) is 0 Å². The molecule has 0 amide bonds. The van der Waals surface area contributed by atoms with Gasteiger partial charge in [0.1, 0.15) is 0 Å². The third-order valence-electron chi connectivity index (χ3n) is 6.01. The summed E-state index contributed by atoms with van der Waals surface area (Å²) in [7, 11) is 0. The normalized spacial score (nSPS) is 11.3. The Morgan fingerprint density at radius 1 is 0.697 bits per heavy atom. The molecule has 4 heteroatoms. The number of pyridine rings is 1. The van der Waals surface area contributed by atoms with Crippen LogP contribution in [-0.2, 0) is 0 Å². The number of para-hydroxylation sites is 1. The Labute approximate surface area is 196 Å². The lowest BCUT2D eigenvalue weighted by Gasteiger charge is -2.11. The molecule has 0 saturated carbocycles. The van der Waals surface area contributed by atoms with Gasteiger partial charge >= 0.3 is 0 Å². The van der Waals surface area contributed by atoms with E-state index in [0.29, 0.717) is 0 Å². The highest BCUT2D eigenvalue weighted by Gasteiger charge is 2.18. The molecule has 0 aliphatic carbocycles. The van der Waals surface area contributed by atoms with Gasteiger partial charge in [0.25, 0.3) is 0 Å². The molecule has 4 aromatic carbocycles. The first kappa shape index (κ1) is 19.7. The number of rotatable bonds is 3. The van der Waals surface area contributed by atoms with Gasteiger partial charge < -0.3 is 0 Å². The molecule has 0 aliphatic rings. The quantitative estimate of drug-likeness (QED) is 0.277. The number of benzene rings is 4. The average molecular weight is 446 g/mol. The van der Waals surface area contributed by atoms with Crippen LogP contribution in [0.25, 0.3) is 49.9 Å². The van der Waals surface area contributed by atoms with Gasteiger partial charge in [-0.25, -0.2) is 9.67 Å². The van der Waals surface area contributed by atoms with Crippen molar-refractivity contribution in [2.75, 3.05) is 0 Å². The van der Waals surface area contributed by atoms with Crippen molar-refractivity contribution >= 4 is 33.4 Å². The van der Waals surface area contributed by atoms with Crippen molar-refractivity contribution < 1.29 is 0 Å². The zero-order chi connectivity index (χ0) is 22.4. The third kappa shape index (κ3) is 3.47. The Hall–Kier alpha value is -3.95. The summed E-state index contributed by atoms with van der Waals surface area (Å²) in [6.07, 6.45) is 0. The van der Waals surface area contributed by atoms with Crippen LogP contribution < -0.4 is 0 Å². The second kappa shape index (κ2) is 7.88. The highest BCUT2D eigenvalue weighted by Crippen LogP contribution is 2.36. The molecule has 0 radical (unpaired) electrons. The van der Waals surface area contributed by atoms with Crippen LogP contribution in [0.2, 0.25) is 5.02 Å². The molecule has 6 rings (SSSR count). The van der Waals surface area contributed by atoms with Crippen molar-refractivity contribution in [2.45, 2.75) is 6.92 Å². The van der Waals surface area contributed by atoms with Crippen molar-refractivity contribution in [3.05, 3.63) is 114 Å². The minimum absolute atomic E-state index is 0.718. The molecule has 0 unspecified atom stereocenters. The lowest BCUT2D eigenvalue weighted by molar-refractivity contribution is 0.878. The molecular weight excluding hydrogens is 426 g/mol. The molecule has 2 heterocycles. The molecule has 0 N–H and O–H groups in total. The minimum Gasteiger partial charge on any atom is -0.228 e. The van der Waals surface area contributed by atoms with Crippen molar-refractivity contribution in [3.63, 3.8) is 0 Å². The predicted molar refractivity (Wildman–Crippen MR) is 137 cm³/mol. The first-order chi connectivity index (χ1) is 16.2. The van der Waals surface area contributed by atoms with Crippen LogP contribution in [0, 0.1) is 6.92 Å². The van der Waals surface area contributed by atoms with E-state index in [2.05, 4.69) is 72.8 Å². The first-order valence-electron chi connectivity index (χ1n) is 10.9. The van der Waals surface area contributed by atoms with Gasteiger partial charge in [-0.15, -0.1) is 0 Å². The standard InChI is InChI=1S/C29H20ClN3/c1-19-28-26(21-13-15-24(30)16-14-21)18-27(23-12-11-20-7-5-6-8-22(20)17-23)31-29(28)33(32-19)25-9-3-2-4-10-25/h2-18H,1H3. The van der Waals surface area contributed by atoms with E-state index in [1.165, 1.54) is 10.8 Å². The minimum atomic E-state index is 0.718. The second-order valence-electron chi connectivity index (χ2n) is 8.16. The van der Waals surface area contributed by atoms with Crippen molar-refractivity contribution in [3.8, 4) is 28.1 Å². The first-order valence-corrected chi connectivity index (χ1v) is 11.3. The number of halogens is 1. The summed E-state index contributed by atoms with van der Waals surface area (Å²) in [5, 5.41) is 9.05. The van der Waals surface area contributed by atoms with E-state index in [9.17, 15) is 0 Å². The van der Waals surface area contributed by atoms with Gasteiger partial charge in [-0.1, -0.05) is 78.3 Å². The van der Waals surface area contributed by atoms with Crippen molar-refractivity contribution in [2.24, 2.45) is 0 Å². The van der Waals surface area contributed by atoms with Gasteiger partial charge in [0.15, 0.2) is 5.65 Å². The summed E-state index contributed by atoms with van der Waals surface area (Å²) < 4.78 is 1.94. The number of fused-ring (bicyclic) bond motifs is 2. The van der Waals surface area contributed by atoms with E-state index in [0.717, 1.165) is 49.8 Å². The van der Waals surface area contributed by atoms with Crippen molar-refractivity contribution in [1.29, 1.82) is 0 Å². The zero-order valence-corrected chi connectivity index (χ0v) is 18.8. The molecule has 0 spiro atoms. The number of aromatic nitrogens is 3. The SMILES string of the molecule is Cc1nn(-c2ccccc2)c2nc(-c3ccc4ccccc4c3)cc(-c3ccc(Cl)cc3)c12. The lowest BCUT2D eigenvalue weighted by Crippen LogP contribution is -1.98. The maximum absolute atomic E-state index is 6.19. The third-order valence-corrected chi connectivity index (χ3v) is 6.27. The smallest absolute Gasteiger partial charge is 0.164 e. The molecule has 33 heavy (non-hydrogen) atoms. The van der Waals surface area contributed by atoms with Crippen LogP contribution >= 0.6 is 11.6 Å². The van der Waals surface area contributed by atoms with Crippen LogP contribution in [0.15, 0.2) is 103 Å². The maximum atomic E-state index is 6.19. The number of hydrogen-bond donors (Lipinski definition) is 0. The van der Waals surface area contributed by atoms with Crippen molar-refractivity contribution in [1.82, 2.24) is 14.8 Å². The molecule has 0 saturated heterocycles. The monoisotopic (exact) mass is 445 g/mol. The van der Waals surface area contributed by atoms with Crippen LogP contribution in [-0.4, -0.2) is 14.8 Å². The average Bonchev–Trinajstić information content (AvgIpc) is 3.20. The van der Waals surface area contributed by atoms with E-state index < -0.39 is 0 Å². The van der Waals surface area contributed by atoms with Gasteiger partial charge in [0.05, 0.1) is 22.5 Å². The van der Waals surface area contributed by atoms with E-state index >= 15 is 0 Å². The largest absolute Gasteiger partial charge is 0.228 e. The van der Waals surface area contributed by atoms with Crippen LogP contribution in [0.1, 0.15) is 5.69 Å². The molecule has 158 valence electrons.